The lowest BCUT2D eigenvalue weighted by atomic mass is 10.3. The molecule has 0 saturated carbocycles. The molecule has 17 heavy (non-hydrogen) atoms. The molecule has 0 aliphatic carbocycles. The third kappa shape index (κ3) is 5.75. The Labute approximate surface area is 103 Å². The summed E-state index contributed by atoms with van der Waals surface area (Å²) in [5, 5.41) is 0. The lowest BCUT2D eigenvalue weighted by Crippen LogP contribution is -2.11. The first-order chi connectivity index (χ1) is 8.09. The topological polar surface area (TPSA) is 40.8 Å². The summed E-state index contributed by atoms with van der Waals surface area (Å²) < 4.78 is 21.6. The van der Waals surface area contributed by atoms with Crippen LogP contribution in [-0.4, -0.2) is 25.4 Å². The van der Waals surface area contributed by atoms with E-state index in [1.54, 1.807) is 12.5 Å². The largest absolute Gasteiger partial charge is 0.487 e. The molecule has 98 valence electrons. The second-order valence-corrected chi connectivity index (χ2v) is 4.39. The zero-order valence-electron chi connectivity index (χ0n) is 11.1. The first-order valence-electron chi connectivity index (χ1n) is 6.00. The smallest absolute Gasteiger partial charge is 0.163 e. The van der Waals surface area contributed by atoms with E-state index in [4.69, 9.17) is 18.6 Å². The van der Waals surface area contributed by atoms with Crippen LogP contribution in [0.2, 0.25) is 0 Å². The van der Waals surface area contributed by atoms with Crippen molar-refractivity contribution >= 4 is 0 Å². The highest BCUT2D eigenvalue weighted by atomic mass is 16.5. The molecule has 0 N–H and O–H groups in total. The fraction of sp³-hybridized carbons (Fsp3) is 0.692. The number of hydrogen-bond acceptors (Lipinski definition) is 4. The molecule has 1 aromatic rings. The van der Waals surface area contributed by atoms with Crippen molar-refractivity contribution in [1.29, 1.82) is 0 Å². The predicted molar refractivity (Wildman–Crippen MR) is 65.2 cm³/mol. The van der Waals surface area contributed by atoms with Crippen LogP contribution >= 0.6 is 0 Å². The summed E-state index contributed by atoms with van der Waals surface area (Å²) in [6.45, 7) is 9.60. The molecule has 1 aromatic heterocycles. The van der Waals surface area contributed by atoms with Gasteiger partial charge in [0.05, 0.1) is 37.2 Å². The molecule has 1 heterocycles. The molecule has 0 bridgehead atoms. The summed E-state index contributed by atoms with van der Waals surface area (Å²) in [5.74, 6) is 0.734. The number of furan rings is 1. The molecule has 0 radical (unpaired) electrons. The molecule has 4 nitrogen and oxygen atoms in total. The Morgan fingerprint density at radius 2 is 1.71 bits per heavy atom. The molecule has 0 aliphatic rings. The van der Waals surface area contributed by atoms with Crippen LogP contribution in [0.1, 0.15) is 33.3 Å². The summed E-state index contributed by atoms with van der Waals surface area (Å²) in [4.78, 5) is 0. The number of hydrogen-bond donors (Lipinski definition) is 0. The van der Waals surface area contributed by atoms with E-state index in [1.165, 1.54) is 0 Å². The van der Waals surface area contributed by atoms with E-state index in [-0.39, 0.29) is 12.2 Å². The first kappa shape index (κ1) is 14.1. The first-order valence-corrected chi connectivity index (χ1v) is 6.00. The van der Waals surface area contributed by atoms with Crippen LogP contribution in [0.15, 0.2) is 16.9 Å². The molecule has 1 rings (SSSR count). The molecule has 0 spiro atoms. The second-order valence-electron chi connectivity index (χ2n) is 4.39. The van der Waals surface area contributed by atoms with Crippen molar-refractivity contribution in [3.8, 4) is 5.75 Å². The second kappa shape index (κ2) is 7.35. The molecule has 0 unspecified atom stereocenters. The van der Waals surface area contributed by atoms with Gasteiger partial charge in [0, 0.05) is 0 Å². The van der Waals surface area contributed by atoms with E-state index in [2.05, 4.69) is 0 Å². The van der Waals surface area contributed by atoms with Crippen LogP contribution in [0, 0.1) is 0 Å². The van der Waals surface area contributed by atoms with Gasteiger partial charge in [-0.15, -0.1) is 0 Å². The standard InChI is InChI=1S/C13H22O4/c1-10(2)15-5-6-16-13-9-14-7-12(13)8-17-11(3)4/h7,9-11H,5-6,8H2,1-4H3. The SMILES string of the molecule is CC(C)OCCOc1cocc1COC(C)C. The summed E-state index contributed by atoms with van der Waals surface area (Å²) in [6, 6.07) is 0. The van der Waals surface area contributed by atoms with Gasteiger partial charge in [-0.25, -0.2) is 0 Å². The lowest BCUT2D eigenvalue weighted by Gasteiger charge is -2.10. The molecule has 0 aromatic carbocycles. The summed E-state index contributed by atoms with van der Waals surface area (Å²) in [6.07, 6.45) is 3.67. The van der Waals surface area contributed by atoms with E-state index >= 15 is 0 Å². The quantitative estimate of drug-likeness (QED) is 0.657. The Morgan fingerprint density at radius 1 is 1.00 bits per heavy atom. The molecule has 0 fully saturated rings. The molecule has 0 saturated heterocycles. The van der Waals surface area contributed by atoms with E-state index in [1.807, 2.05) is 27.7 Å². The zero-order valence-corrected chi connectivity index (χ0v) is 11.1. The summed E-state index contributed by atoms with van der Waals surface area (Å²) >= 11 is 0. The van der Waals surface area contributed by atoms with E-state index in [0.717, 1.165) is 11.3 Å². The van der Waals surface area contributed by atoms with Crippen LogP contribution in [-0.2, 0) is 16.1 Å². The molecule has 4 heteroatoms. The zero-order chi connectivity index (χ0) is 12.7. The average molecular weight is 242 g/mol. The van der Waals surface area contributed by atoms with Crippen LogP contribution in [0.25, 0.3) is 0 Å². The van der Waals surface area contributed by atoms with Crippen molar-refractivity contribution in [2.45, 2.75) is 46.5 Å². The summed E-state index contributed by atoms with van der Waals surface area (Å²) in [5.41, 5.74) is 0.934. The lowest BCUT2D eigenvalue weighted by molar-refractivity contribution is 0.0508. The van der Waals surface area contributed by atoms with Gasteiger partial charge in [0.1, 0.15) is 12.9 Å². The van der Waals surface area contributed by atoms with E-state index in [9.17, 15) is 0 Å². The van der Waals surface area contributed by atoms with Gasteiger partial charge in [-0.05, 0) is 27.7 Å². The maximum absolute atomic E-state index is 5.56. The maximum Gasteiger partial charge on any atom is 0.163 e. The van der Waals surface area contributed by atoms with Gasteiger partial charge >= 0.3 is 0 Å². The number of rotatable bonds is 8. The molecule has 0 atom stereocenters. The molecule has 0 amide bonds. The molecular weight excluding hydrogens is 220 g/mol. The highest BCUT2D eigenvalue weighted by molar-refractivity contribution is 5.27. The van der Waals surface area contributed by atoms with Crippen molar-refractivity contribution in [3.05, 3.63) is 18.1 Å². The third-order valence-electron chi connectivity index (χ3n) is 2.07. The minimum Gasteiger partial charge on any atom is -0.487 e. The van der Waals surface area contributed by atoms with Gasteiger partial charge in [-0.3, -0.25) is 0 Å². The Kier molecular flexibility index (Phi) is 6.08. The van der Waals surface area contributed by atoms with Crippen molar-refractivity contribution in [3.63, 3.8) is 0 Å². The average Bonchev–Trinajstić information content (AvgIpc) is 2.68. The van der Waals surface area contributed by atoms with E-state index in [0.29, 0.717) is 19.8 Å². The van der Waals surface area contributed by atoms with Gasteiger partial charge in [-0.1, -0.05) is 0 Å². The summed E-state index contributed by atoms with van der Waals surface area (Å²) in [7, 11) is 0. The molecule has 0 aliphatic heterocycles. The minimum atomic E-state index is 0.196. The molecular formula is C13H22O4. The van der Waals surface area contributed by atoms with Gasteiger partial charge in [0.15, 0.2) is 5.75 Å². The normalized spacial score (nSPS) is 11.4. The number of ether oxygens (including phenoxy) is 3. The minimum absolute atomic E-state index is 0.196. The highest BCUT2D eigenvalue weighted by Crippen LogP contribution is 2.21. The van der Waals surface area contributed by atoms with Crippen LogP contribution in [0.5, 0.6) is 5.75 Å². The van der Waals surface area contributed by atoms with Crippen molar-refractivity contribution < 1.29 is 18.6 Å². The fourth-order valence-electron chi connectivity index (χ4n) is 1.24. The predicted octanol–water partition coefficient (Wildman–Crippen LogP) is 3.01. The fourth-order valence-corrected chi connectivity index (χ4v) is 1.24. The Bertz CT molecular complexity index is 304. The van der Waals surface area contributed by atoms with Crippen LogP contribution < -0.4 is 4.74 Å². The van der Waals surface area contributed by atoms with Crippen LogP contribution in [0.3, 0.4) is 0 Å². The van der Waals surface area contributed by atoms with E-state index < -0.39 is 0 Å². The van der Waals surface area contributed by atoms with Crippen molar-refractivity contribution in [2.75, 3.05) is 13.2 Å². The Hall–Kier alpha value is -1.00. The van der Waals surface area contributed by atoms with Gasteiger partial charge in [0.2, 0.25) is 0 Å². The highest BCUT2D eigenvalue weighted by Gasteiger charge is 2.08. The van der Waals surface area contributed by atoms with Crippen molar-refractivity contribution in [2.24, 2.45) is 0 Å². The Morgan fingerprint density at radius 3 is 2.35 bits per heavy atom. The van der Waals surface area contributed by atoms with Crippen molar-refractivity contribution in [1.82, 2.24) is 0 Å². The van der Waals surface area contributed by atoms with Gasteiger partial charge in [0.25, 0.3) is 0 Å². The third-order valence-corrected chi connectivity index (χ3v) is 2.07. The van der Waals surface area contributed by atoms with Gasteiger partial charge < -0.3 is 18.6 Å². The Balaban J connectivity index is 2.30. The van der Waals surface area contributed by atoms with Gasteiger partial charge in [-0.2, -0.15) is 0 Å². The van der Waals surface area contributed by atoms with Crippen LogP contribution in [0.4, 0.5) is 0 Å². The monoisotopic (exact) mass is 242 g/mol. The maximum atomic E-state index is 5.56.